The highest BCUT2D eigenvalue weighted by molar-refractivity contribution is 6.30. The third-order valence-corrected chi connectivity index (χ3v) is 1.14. The molecule has 0 aromatic heterocycles. The molecule has 0 rings (SSSR count). The van der Waals surface area contributed by atoms with Crippen molar-refractivity contribution in [1.82, 2.24) is 0 Å². The fraction of sp³-hybridized carbons (Fsp3) is 0.429. The predicted molar refractivity (Wildman–Crippen MR) is 41.5 cm³/mol. The van der Waals surface area contributed by atoms with Gasteiger partial charge in [0.25, 0.3) is 0 Å². The van der Waals surface area contributed by atoms with E-state index in [1.54, 1.807) is 0 Å². The molecule has 0 aromatic rings. The molecule has 3 nitrogen and oxygen atoms in total. The van der Waals surface area contributed by atoms with E-state index in [0.717, 1.165) is 0 Å². The molecule has 0 atom stereocenters. The van der Waals surface area contributed by atoms with Crippen molar-refractivity contribution < 1.29 is 14.7 Å². The van der Waals surface area contributed by atoms with Crippen molar-refractivity contribution >= 4 is 23.4 Å². The molecular formula is C7H9ClO3. The average Bonchev–Trinajstić information content (AvgIpc) is 1.82. The van der Waals surface area contributed by atoms with E-state index in [2.05, 4.69) is 6.58 Å². The lowest BCUT2D eigenvalue weighted by Gasteiger charge is -1.94. The van der Waals surface area contributed by atoms with Crippen molar-refractivity contribution in [1.29, 1.82) is 0 Å². The summed E-state index contributed by atoms with van der Waals surface area (Å²) in [6.45, 7) is 3.32. The highest BCUT2D eigenvalue weighted by atomic mass is 35.5. The fourth-order valence-corrected chi connectivity index (χ4v) is 0.698. The SMILES string of the molecule is C=C(Cl)CC(=O)CCC(=O)O. The zero-order valence-corrected chi connectivity index (χ0v) is 6.73. The summed E-state index contributed by atoms with van der Waals surface area (Å²) in [5.74, 6) is -1.16. The zero-order chi connectivity index (χ0) is 8.85. The van der Waals surface area contributed by atoms with Crippen LogP contribution in [0.1, 0.15) is 19.3 Å². The van der Waals surface area contributed by atoms with Gasteiger partial charge in [-0.1, -0.05) is 18.2 Å². The van der Waals surface area contributed by atoms with Crippen LogP contribution in [0, 0.1) is 0 Å². The lowest BCUT2D eigenvalue weighted by Crippen LogP contribution is -2.02. The molecular weight excluding hydrogens is 168 g/mol. The van der Waals surface area contributed by atoms with E-state index in [1.165, 1.54) is 0 Å². The maximum absolute atomic E-state index is 10.7. The standard InChI is InChI=1S/C7H9ClO3/c1-5(8)4-6(9)2-3-7(10)11/h1-4H2,(H,10,11). The van der Waals surface area contributed by atoms with Crippen molar-refractivity contribution in [3.8, 4) is 0 Å². The first-order chi connectivity index (χ1) is 5.02. The van der Waals surface area contributed by atoms with Crippen LogP contribution in [0.2, 0.25) is 0 Å². The van der Waals surface area contributed by atoms with Crippen LogP contribution in [0.3, 0.4) is 0 Å². The van der Waals surface area contributed by atoms with E-state index in [9.17, 15) is 9.59 Å². The second-order valence-electron chi connectivity index (χ2n) is 2.13. The molecule has 0 saturated heterocycles. The van der Waals surface area contributed by atoms with Gasteiger partial charge in [0.15, 0.2) is 0 Å². The van der Waals surface area contributed by atoms with Gasteiger partial charge >= 0.3 is 5.97 Å². The molecule has 0 aliphatic heterocycles. The number of rotatable bonds is 5. The average molecular weight is 177 g/mol. The summed E-state index contributed by atoms with van der Waals surface area (Å²) in [6.07, 6.45) is -0.0427. The van der Waals surface area contributed by atoms with Crippen molar-refractivity contribution in [2.75, 3.05) is 0 Å². The number of aliphatic carboxylic acids is 1. The number of carbonyl (C=O) groups excluding carboxylic acids is 1. The van der Waals surface area contributed by atoms with Crippen LogP contribution in [0.25, 0.3) is 0 Å². The van der Waals surface area contributed by atoms with E-state index in [-0.39, 0.29) is 30.1 Å². The zero-order valence-electron chi connectivity index (χ0n) is 5.97. The normalized spacial score (nSPS) is 9.18. The summed E-state index contributed by atoms with van der Waals surface area (Å²) in [5.41, 5.74) is 0. The molecule has 62 valence electrons. The molecule has 0 spiro atoms. The van der Waals surface area contributed by atoms with Gasteiger partial charge in [-0.25, -0.2) is 0 Å². The quantitative estimate of drug-likeness (QED) is 0.692. The summed E-state index contributed by atoms with van der Waals surface area (Å²) in [4.78, 5) is 20.7. The van der Waals surface area contributed by atoms with Crippen LogP contribution < -0.4 is 0 Å². The van der Waals surface area contributed by atoms with E-state index in [0.29, 0.717) is 0 Å². The molecule has 0 bridgehead atoms. The van der Waals surface area contributed by atoms with Gasteiger partial charge in [0, 0.05) is 17.9 Å². The van der Waals surface area contributed by atoms with Crippen LogP contribution in [0.4, 0.5) is 0 Å². The van der Waals surface area contributed by atoms with Crippen LogP contribution >= 0.6 is 11.6 Å². The van der Waals surface area contributed by atoms with E-state index < -0.39 is 5.97 Å². The van der Waals surface area contributed by atoms with Crippen molar-refractivity contribution in [3.63, 3.8) is 0 Å². The molecule has 0 unspecified atom stereocenters. The van der Waals surface area contributed by atoms with Crippen LogP contribution in [0.5, 0.6) is 0 Å². The van der Waals surface area contributed by atoms with E-state index >= 15 is 0 Å². The van der Waals surface area contributed by atoms with Crippen LogP contribution in [-0.4, -0.2) is 16.9 Å². The maximum atomic E-state index is 10.7. The summed E-state index contributed by atoms with van der Waals surface area (Å²) >= 11 is 5.33. The number of halogens is 1. The molecule has 0 amide bonds. The van der Waals surface area contributed by atoms with Crippen molar-refractivity contribution in [2.45, 2.75) is 19.3 Å². The maximum Gasteiger partial charge on any atom is 0.303 e. The summed E-state index contributed by atoms with van der Waals surface area (Å²) < 4.78 is 0. The van der Waals surface area contributed by atoms with E-state index in [1.807, 2.05) is 0 Å². The Morgan fingerprint density at radius 2 is 1.91 bits per heavy atom. The minimum atomic E-state index is -0.974. The highest BCUT2D eigenvalue weighted by Gasteiger charge is 2.05. The third kappa shape index (κ3) is 7.06. The molecule has 0 radical (unpaired) electrons. The van der Waals surface area contributed by atoms with Gasteiger partial charge in [0.2, 0.25) is 0 Å². The fourth-order valence-electron chi connectivity index (χ4n) is 0.549. The van der Waals surface area contributed by atoms with E-state index in [4.69, 9.17) is 16.7 Å². The molecule has 0 saturated carbocycles. The van der Waals surface area contributed by atoms with Crippen LogP contribution in [-0.2, 0) is 9.59 Å². The Hall–Kier alpha value is -0.830. The topological polar surface area (TPSA) is 54.4 Å². The predicted octanol–water partition coefficient (Wildman–Crippen LogP) is 1.56. The van der Waals surface area contributed by atoms with Gasteiger partial charge in [-0.05, 0) is 0 Å². The number of Topliss-reactive ketones (excluding diaryl/α,β-unsaturated/α-hetero) is 1. The van der Waals surface area contributed by atoms with Gasteiger partial charge in [-0.15, -0.1) is 0 Å². The van der Waals surface area contributed by atoms with Crippen molar-refractivity contribution in [2.24, 2.45) is 0 Å². The summed E-state index contributed by atoms with van der Waals surface area (Å²) in [6, 6.07) is 0. The van der Waals surface area contributed by atoms with Crippen LogP contribution in [0.15, 0.2) is 11.6 Å². The second kappa shape index (κ2) is 4.91. The number of carbonyl (C=O) groups is 2. The van der Waals surface area contributed by atoms with Gasteiger partial charge in [0.1, 0.15) is 5.78 Å². The van der Waals surface area contributed by atoms with Gasteiger partial charge in [-0.2, -0.15) is 0 Å². The Bertz CT molecular complexity index is 186. The number of ketones is 1. The number of allylic oxidation sites excluding steroid dienone is 1. The molecule has 0 heterocycles. The minimum absolute atomic E-state index is 0.0288. The molecule has 0 aromatic carbocycles. The second-order valence-corrected chi connectivity index (χ2v) is 2.66. The lowest BCUT2D eigenvalue weighted by atomic mass is 10.2. The molecule has 0 aliphatic rings. The smallest absolute Gasteiger partial charge is 0.303 e. The number of hydrogen-bond acceptors (Lipinski definition) is 2. The Labute approximate surface area is 69.7 Å². The Morgan fingerprint density at radius 3 is 2.27 bits per heavy atom. The number of hydrogen-bond donors (Lipinski definition) is 1. The number of carboxylic acids is 1. The first-order valence-corrected chi connectivity index (χ1v) is 3.47. The molecule has 4 heteroatoms. The van der Waals surface area contributed by atoms with Crippen molar-refractivity contribution in [3.05, 3.63) is 11.6 Å². The molecule has 1 N–H and O–H groups in total. The molecule has 0 fully saturated rings. The largest absolute Gasteiger partial charge is 0.481 e. The Morgan fingerprint density at radius 1 is 1.36 bits per heavy atom. The summed E-state index contributed by atoms with van der Waals surface area (Å²) in [7, 11) is 0. The Balaban J connectivity index is 3.53. The minimum Gasteiger partial charge on any atom is -0.481 e. The first-order valence-electron chi connectivity index (χ1n) is 3.09. The Kier molecular flexibility index (Phi) is 4.54. The first kappa shape index (κ1) is 10.2. The van der Waals surface area contributed by atoms with Gasteiger partial charge < -0.3 is 5.11 Å². The lowest BCUT2D eigenvalue weighted by molar-refractivity contribution is -0.138. The van der Waals surface area contributed by atoms with Gasteiger partial charge in [0.05, 0.1) is 6.42 Å². The molecule has 11 heavy (non-hydrogen) atoms. The monoisotopic (exact) mass is 176 g/mol. The highest BCUT2D eigenvalue weighted by Crippen LogP contribution is 2.06. The molecule has 0 aliphatic carbocycles. The summed E-state index contributed by atoms with van der Waals surface area (Å²) in [5, 5.41) is 8.44. The van der Waals surface area contributed by atoms with Gasteiger partial charge in [-0.3, -0.25) is 9.59 Å². The third-order valence-electron chi connectivity index (χ3n) is 1.01. The number of carboxylic acid groups (broad SMARTS) is 1.